The molecule has 0 atom stereocenters. The average molecular weight is 234 g/mol. The van der Waals surface area contributed by atoms with Crippen LogP contribution in [0.15, 0.2) is 60.8 Å². The molecule has 88 valence electrons. The molecule has 1 N–H and O–H groups in total. The van der Waals surface area contributed by atoms with Crippen molar-refractivity contribution in [2.24, 2.45) is 0 Å². The van der Waals surface area contributed by atoms with Crippen LogP contribution in [0.1, 0.15) is 5.56 Å². The summed E-state index contributed by atoms with van der Waals surface area (Å²) < 4.78 is 0. The minimum absolute atomic E-state index is 1.02. The number of aryl methyl sites for hydroxylation is 1. The van der Waals surface area contributed by atoms with Crippen LogP contribution in [-0.2, 0) is 0 Å². The Kier molecular flexibility index (Phi) is 2.69. The van der Waals surface area contributed by atoms with E-state index in [0.717, 1.165) is 22.3 Å². The van der Waals surface area contributed by atoms with E-state index in [-0.39, 0.29) is 0 Å². The quantitative estimate of drug-likeness (QED) is 0.715. The fourth-order valence-electron chi connectivity index (χ4n) is 2.04. The van der Waals surface area contributed by atoms with Crippen LogP contribution < -0.4 is 5.32 Å². The third-order valence-electron chi connectivity index (χ3n) is 2.91. The SMILES string of the molecule is Cc1cccc(Nc2ccc3ncccc3c2)c1. The normalized spacial score (nSPS) is 10.5. The number of hydrogen-bond acceptors (Lipinski definition) is 2. The number of nitrogens with zero attached hydrogens (tertiary/aromatic N) is 1. The van der Waals surface area contributed by atoms with Gasteiger partial charge in [0.15, 0.2) is 0 Å². The molecule has 1 aromatic heterocycles. The van der Waals surface area contributed by atoms with Crippen LogP contribution in [0.25, 0.3) is 10.9 Å². The Morgan fingerprint density at radius 3 is 2.67 bits per heavy atom. The van der Waals surface area contributed by atoms with Gasteiger partial charge in [0.05, 0.1) is 5.52 Å². The van der Waals surface area contributed by atoms with Crippen molar-refractivity contribution < 1.29 is 0 Å². The predicted octanol–water partition coefficient (Wildman–Crippen LogP) is 4.29. The molecule has 0 spiro atoms. The third kappa shape index (κ3) is 2.18. The first-order valence-electron chi connectivity index (χ1n) is 6.00. The van der Waals surface area contributed by atoms with Gasteiger partial charge in [-0.05, 0) is 48.9 Å². The Hall–Kier alpha value is -2.35. The number of aromatic nitrogens is 1. The molecular formula is C16H14N2. The van der Waals surface area contributed by atoms with E-state index in [1.807, 2.05) is 18.3 Å². The van der Waals surface area contributed by atoms with Gasteiger partial charge >= 0.3 is 0 Å². The Bertz CT molecular complexity index is 689. The Balaban J connectivity index is 1.95. The molecule has 0 aliphatic rings. The lowest BCUT2D eigenvalue weighted by atomic mass is 10.2. The van der Waals surface area contributed by atoms with Gasteiger partial charge in [0, 0.05) is 23.0 Å². The van der Waals surface area contributed by atoms with Crippen molar-refractivity contribution in [1.82, 2.24) is 4.98 Å². The lowest BCUT2D eigenvalue weighted by Crippen LogP contribution is -1.90. The van der Waals surface area contributed by atoms with Crippen LogP contribution >= 0.6 is 0 Å². The first-order valence-corrected chi connectivity index (χ1v) is 6.00. The molecule has 0 bridgehead atoms. The molecule has 18 heavy (non-hydrogen) atoms. The van der Waals surface area contributed by atoms with Crippen molar-refractivity contribution in [3.63, 3.8) is 0 Å². The summed E-state index contributed by atoms with van der Waals surface area (Å²) in [7, 11) is 0. The zero-order valence-corrected chi connectivity index (χ0v) is 10.2. The van der Waals surface area contributed by atoms with Crippen LogP contribution in [-0.4, -0.2) is 4.98 Å². The molecule has 0 unspecified atom stereocenters. The molecule has 0 amide bonds. The van der Waals surface area contributed by atoms with E-state index in [2.05, 4.69) is 59.7 Å². The monoisotopic (exact) mass is 234 g/mol. The summed E-state index contributed by atoms with van der Waals surface area (Å²) in [5.41, 5.74) is 4.47. The predicted molar refractivity (Wildman–Crippen MR) is 76.2 cm³/mol. The highest BCUT2D eigenvalue weighted by Gasteiger charge is 1.98. The van der Waals surface area contributed by atoms with Gasteiger partial charge in [-0.15, -0.1) is 0 Å². The number of rotatable bonds is 2. The molecule has 0 aliphatic carbocycles. The first-order chi connectivity index (χ1) is 8.81. The molecule has 0 aliphatic heterocycles. The molecule has 3 rings (SSSR count). The molecular weight excluding hydrogens is 220 g/mol. The van der Waals surface area contributed by atoms with Gasteiger partial charge in [-0.1, -0.05) is 18.2 Å². The van der Waals surface area contributed by atoms with Crippen LogP contribution in [0.3, 0.4) is 0 Å². The number of pyridine rings is 1. The fraction of sp³-hybridized carbons (Fsp3) is 0.0625. The number of benzene rings is 2. The highest BCUT2D eigenvalue weighted by molar-refractivity contribution is 5.83. The number of nitrogens with one attached hydrogen (secondary N) is 1. The van der Waals surface area contributed by atoms with E-state index in [1.165, 1.54) is 5.56 Å². The van der Waals surface area contributed by atoms with E-state index in [1.54, 1.807) is 0 Å². The van der Waals surface area contributed by atoms with Crippen molar-refractivity contribution in [1.29, 1.82) is 0 Å². The Labute approximate surface area is 106 Å². The van der Waals surface area contributed by atoms with Crippen molar-refractivity contribution in [2.75, 3.05) is 5.32 Å². The standard InChI is InChI=1S/C16H14N2/c1-12-4-2-6-14(10-12)18-15-7-8-16-13(11-15)5-3-9-17-16/h2-11,18H,1H3. The molecule has 3 aromatic rings. The van der Waals surface area contributed by atoms with Crippen molar-refractivity contribution in [3.05, 3.63) is 66.4 Å². The largest absolute Gasteiger partial charge is 0.355 e. The maximum Gasteiger partial charge on any atom is 0.0703 e. The van der Waals surface area contributed by atoms with E-state index >= 15 is 0 Å². The van der Waals surface area contributed by atoms with E-state index < -0.39 is 0 Å². The second-order valence-electron chi connectivity index (χ2n) is 4.41. The second kappa shape index (κ2) is 4.49. The summed E-state index contributed by atoms with van der Waals surface area (Å²) >= 11 is 0. The van der Waals surface area contributed by atoms with Gasteiger partial charge in [0.2, 0.25) is 0 Å². The van der Waals surface area contributed by atoms with Gasteiger partial charge in [-0.2, -0.15) is 0 Å². The van der Waals surface area contributed by atoms with Crippen LogP contribution in [0.2, 0.25) is 0 Å². The zero-order valence-electron chi connectivity index (χ0n) is 10.2. The molecule has 2 heteroatoms. The second-order valence-corrected chi connectivity index (χ2v) is 4.41. The molecule has 1 heterocycles. The molecule has 0 radical (unpaired) electrons. The summed E-state index contributed by atoms with van der Waals surface area (Å²) in [5, 5.41) is 4.56. The number of hydrogen-bond donors (Lipinski definition) is 1. The van der Waals surface area contributed by atoms with Crippen LogP contribution in [0, 0.1) is 6.92 Å². The highest BCUT2D eigenvalue weighted by atomic mass is 14.9. The lowest BCUT2D eigenvalue weighted by molar-refractivity contribution is 1.41. The molecule has 2 aromatic carbocycles. The smallest absolute Gasteiger partial charge is 0.0703 e. The molecule has 2 nitrogen and oxygen atoms in total. The van der Waals surface area contributed by atoms with E-state index in [4.69, 9.17) is 0 Å². The van der Waals surface area contributed by atoms with Crippen molar-refractivity contribution in [3.8, 4) is 0 Å². The van der Waals surface area contributed by atoms with Gasteiger partial charge < -0.3 is 5.32 Å². The summed E-state index contributed by atoms with van der Waals surface area (Å²) in [6.45, 7) is 2.09. The highest BCUT2D eigenvalue weighted by Crippen LogP contribution is 2.21. The number of anilines is 2. The van der Waals surface area contributed by atoms with E-state index in [0.29, 0.717) is 0 Å². The topological polar surface area (TPSA) is 24.9 Å². The Morgan fingerprint density at radius 2 is 1.78 bits per heavy atom. The maximum absolute atomic E-state index is 4.32. The molecule has 0 saturated carbocycles. The number of fused-ring (bicyclic) bond motifs is 1. The van der Waals surface area contributed by atoms with Crippen molar-refractivity contribution >= 4 is 22.3 Å². The first kappa shape index (κ1) is 10.8. The maximum atomic E-state index is 4.32. The lowest BCUT2D eigenvalue weighted by Gasteiger charge is -2.08. The summed E-state index contributed by atoms with van der Waals surface area (Å²) in [4.78, 5) is 4.32. The summed E-state index contributed by atoms with van der Waals surface area (Å²) in [6.07, 6.45) is 1.82. The minimum atomic E-state index is 1.02. The van der Waals surface area contributed by atoms with Crippen LogP contribution in [0.4, 0.5) is 11.4 Å². The average Bonchev–Trinajstić information content (AvgIpc) is 2.39. The van der Waals surface area contributed by atoms with Crippen LogP contribution in [0.5, 0.6) is 0 Å². The van der Waals surface area contributed by atoms with Gasteiger partial charge in [0.25, 0.3) is 0 Å². The van der Waals surface area contributed by atoms with Gasteiger partial charge in [-0.3, -0.25) is 4.98 Å². The fourth-order valence-corrected chi connectivity index (χ4v) is 2.04. The van der Waals surface area contributed by atoms with Crippen molar-refractivity contribution in [2.45, 2.75) is 6.92 Å². The molecule has 0 saturated heterocycles. The zero-order chi connectivity index (χ0) is 12.4. The third-order valence-corrected chi connectivity index (χ3v) is 2.91. The minimum Gasteiger partial charge on any atom is -0.355 e. The Morgan fingerprint density at radius 1 is 0.889 bits per heavy atom. The summed E-state index contributed by atoms with van der Waals surface area (Å²) in [6, 6.07) is 18.6. The van der Waals surface area contributed by atoms with E-state index in [9.17, 15) is 0 Å². The summed E-state index contributed by atoms with van der Waals surface area (Å²) in [5.74, 6) is 0. The van der Waals surface area contributed by atoms with Gasteiger partial charge in [-0.25, -0.2) is 0 Å². The van der Waals surface area contributed by atoms with Gasteiger partial charge in [0.1, 0.15) is 0 Å². The molecule has 0 fully saturated rings.